The first-order valence-corrected chi connectivity index (χ1v) is 8.78. The molecule has 0 amide bonds. The van der Waals surface area contributed by atoms with E-state index in [2.05, 4.69) is 0 Å². The molecule has 4 rings (SSSR count). The molecule has 1 saturated heterocycles. The molecule has 3 aromatic rings. The van der Waals surface area contributed by atoms with E-state index in [4.69, 9.17) is 4.74 Å². The molecular formula is C21H14O3S. The summed E-state index contributed by atoms with van der Waals surface area (Å²) in [5.74, 6) is -1.78. The number of hydrogen-bond acceptors (Lipinski definition) is 4. The molecule has 1 aromatic heterocycles. The molecule has 0 bridgehead atoms. The van der Waals surface area contributed by atoms with Gasteiger partial charge in [-0.25, -0.2) is 4.79 Å². The SMILES string of the molecule is O=C1OC(=O)C(c2ccccc2)/C1=C(/c1ccccc1)c1cccs1. The Bertz CT molecular complexity index is 941. The number of carbonyl (C=O) groups excluding carboxylic acids is 2. The molecule has 122 valence electrons. The average molecular weight is 346 g/mol. The zero-order valence-corrected chi connectivity index (χ0v) is 14.0. The van der Waals surface area contributed by atoms with Gasteiger partial charge in [0.2, 0.25) is 0 Å². The van der Waals surface area contributed by atoms with Crippen molar-refractivity contribution in [2.45, 2.75) is 5.92 Å². The van der Waals surface area contributed by atoms with Crippen molar-refractivity contribution in [1.29, 1.82) is 0 Å². The molecule has 2 heterocycles. The summed E-state index contributed by atoms with van der Waals surface area (Å²) in [6.45, 7) is 0. The van der Waals surface area contributed by atoms with E-state index in [1.807, 2.05) is 78.2 Å². The normalized spacial score (nSPS) is 19.0. The highest BCUT2D eigenvalue weighted by Crippen LogP contribution is 2.41. The number of ether oxygens (including phenoxy) is 1. The van der Waals surface area contributed by atoms with Crippen LogP contribution >= 0.6 is 11.3 Å². The van der Waals surface area contributed by atoms with Gasteiger partial charge in [-0.2, -0.15) is 0 Å². The van der Waals surface area contributed by atoms with Gasteiger partial charge in [-0.1, -0.05) is 66.7 Å². The highest BCUT2D eigenvalue weighted by molar-refractivity contribution is 7.11. The Kier molecular flexibility index (Phi) is 4.04. The molecule has 2 aromatic carbocycles. The van der Waals surface area contributed by atoms with E-state index >= 15 is 0 Å². The summed E-state index contributed by atoms with van der Waals surface area (Å²) in [4.78, 5) is 25.9. The van der Waals surface area contributed by atoms with Crippen LogP contribution in [0.5, 0.6) is 0 Å². The lowest BCUT2D eigenvalue weighted by atomic mass is 9.86. The quantitative estimate of drug-likeness (QED) is 0.401. The first kappa shape index (κ1) is 15.5. The van der Waals surface area contributed by atoms with E-state index in [-0.39, 0.29) is 0 Å². The standard InChI is InChI=1S/C21H14O3S/c22-20-18(15-10-5-2-6-11-15)19(21(23)24-20)17(16-12-7-13-25-16)14-8-3-1-4-9-14/h1-13,18H/b19-17+. The molecule has 0 spiro atoms. The second-order valence-electron chi connectivity index (χ2n) is 5.68. The van der Waals surface area contributed by atoms with Gasteiger partial charge in [0.1, 0.15) is 5.92 Å². The second kappa shape index (κ2) is 6.49. The number of cyclic esters (lactones) is 2. The highest BCUT2D eigenvalue weighted by Gasteiger charge is 2.42. The first-order valence-electron chi connectivity index (χ1n) is 7.90. The maximum Gasteiger partial charge on any atom is 0.343 e. The number of esters is 2. The smallest absolute Gasteiger partial charge is 0.343 e. The monoisotopic (exact) mass is 346 g/mol. The lowest BCUT2D eigenvalue weighted by Crippen LogP contribution is -2.09. The fourth-order valence-corrected chi connectivity index (χ4v) is 3.90. The van der Waals surface area contributed by atoms with Crippen LogP contribution in [0.1, 0.15) is 21.9 Å². The van der Waals surface area contributed by atoms with Crippen molar-refractivity contribution in [1.82, 2.24) is 0 Å². The Morgan fingerprint density at radius 3 is 2.16 bits per heavy atom. The number of carbonyl (C=O) groups is 2. The van der Waals surface area contributed by atoms with Gasteiger partial charge in [0, 0.05) is 10.5 Å². The minimum absolute atomic E-state index is 0.407. The number of hydrogen-bond donors (Lipinski definition) is 0. The van der Waals surface area contributed by atoms with Gasteiger partial charge in [0.15, 0.2) is 0 Å². The summed E-state index contributed by atoms with van der Waals surface area (Å²) < 4.78 is 5.01. The van der Waals surface area contributed by atoms with Crippen molar-refractivity contribution in [3.63, 3.8) is 0 Å². The number of rotatable bonds is 3. The van der Waals surface area contributed by atoms with Crippen LogP contribution in [-0.2, 0) is 14.3 Å². The third kappa shape index (κ3) is 2.81. The third-order valence-electron chi connectivity index (χ3n) is 4.17. The maximum absolute atomic E-state index is 12.6. The molecule has 0 saturated carbocycles. The van der Waals surface area contributed by atoms with Crippen LogP contribution < -0.4 is 0 Å². The topological polar surface area (TPSA) is 43.4 Å². The van der Waals surface area contributed by atoms with Crippen molar-refractivity contribution in [3.8, 4) is 0 Å². The van der Waals surface area contributed by atoms with Crippen molar-refractivity contribution < 1.29 is 14.3 Å². The molecule has 0 radical (unpaired) electrons. The maximum atomic E-state index is 12.6. The van der Waals surface area contributed by atoms with Crippen LogP contribution in [0, 0.1) is 0 Å². The van der Waals surface area contributed by atoms with Crippen LogP contribution in [0.2, 0.25) is 0 Å². The van der Waals surface area contributed by atoms with Crippen molar-refractivity contribution >= 4 is 28.8 Å². The molecule has 1 atom stereocenters. The molecule has 1 aliphatic rings. The zero-order chi connectivity index (χ0) is 17.2. The molecule has 25 heavy (non-hydrogen) atoms. The van der Waals surface area contributed by atoms with Gasteiger partial charge in [-0.05, 0) is 22.6 Å². The summed E-state index contributed by atoms with van der Waals surface area (Å²) in [5, 5.41) is 1.96. The summed E-state index contributed by atoms with van der Waals surface area (Å²) in [5.41, 5.74) is 2.83. The fourth-order valence-electron chi connectivity index (χ4n) is 3.09. The first-order chi connectivity index (χ1) is 12.3. The molecule has 1 unspecified atom stereocenters. The van der Waals surface area contributed by atoms with Crippen molar-refractivity contribution in [2.24, 2.45) is 0 Å². The predicted octanol–water partition coefficient (Wildman–Crippen LogP) is 4.42. The number of thiophene rings is 1. The van der Waals surface area contributed by atoms with E-state index in [0.29, 0.717) is 5.57 Å². The second-order valence-corrected chi connectivity index (χ2v) is 6.63. The molecule has 1 aliphatic heterocycles. The highest BCUT2D eigenvalue weighted by atomic mass is 32.1. The van der Waals surface area contributed by atoms with Crippen LogP contribution in [0.3, 0.4) is 0 Å². The van der Waals surface area contributed by atoms with Gasteiger partial charge in [0.25, 0.3) is 0 Å². The van der Waals surface area contributed by atoms with Gasteiger partial charge < -0.3 is 4.74 Å². The summed E-state index contributed by atoms with van der Waals surface area (Å²) >= 11 is 1.54. The van der Waals surface area contributed by atoms with Gasteiger partial charge in [0.05, 0.1) is 5.57 Å². The van der Waals surface area contributed by atoms with Gasteiger partial charge >= 0.3 is 11.9 Å². The molecule has 0 aliphatic carbocycles. The molecule has 3 nitrogen and oxygen atoms in total. The van der Waals surface area contributed by atoms with Crippen molar-refractivity contribution in [3.05, 3.63) is 99.8 Å². The number of benzene rings is 2. The van der Waals surface area contributed by atoms with Gasteiger partial charge in [-0.15, -0.1) is 11.3 Å². The fraction of sp³-hybridized carbons (Fsp3) is 0.0476. The van der Waals surface area contributed by atoms with E-state index in [0.717, 1.165) is 21.6 Å². The lowest BCUT2D eigenvalue weighted by Gasteiger charge is -2.13. The third-order valence-corrected chi connectivity index (χ3v) is 5.06. The molecule has 1 fully saturated rings. The Balaban J connectivity index is 2.00. The Labute approximate surface area is 149 Å². The Morgan fingerprint density at radius 2 is 1.52 bits per heavy atom. The average Bonchev–Trinajstić information content (AvgIpc) is 3.26. The van der Waals surface area contributed by atoms with Crippen LogP contribution in [0.25, 0.3) is 5.57 Å². The van der Waals surface area contributed by atoms with E-state index in [9.17, 15) is 9.59 Å². The molecule has 0 N–H and O–H groups in total. The van der Waals surface area contributed by atoms with Gasteiger partial charge in [-0.3, -0.25) is 4.79 Å². The lowest BCUT2D eigenvalue weighted by molar-refractivity contribution is -0.151. The van der Waals surface area contributed by atoms with E-state index in [1.165, 1.54) is 11.3 Å². The van der Waals surface area contributed by atoms with Crippen molar-refractivity contribution in [2.75, 3.05) is 0 Å². The Hall–Kier alpha value is -2.98. The van der Waals surface area contributed by atoms with Crippen LogP contribution in [0.4, 0.5) is 0 Å². The summed E-state index contributed by atoms with van der Waals surface area (Å²) in [6, 6.07) is 22.8. The van der Waals surface area contributed by atoms with Crippen LogP contribution in [-0.4, -0.2) is 11.9 Å². The van der Waals surface area contributed by atoms with E-state index < -0.39 is 17.9 Å². The summed E-state index contributed by atoms with van der Waals surface area (Å²) in [6.07, 6.45) is 0. The molecular weight excluding hydrogens is 332 g/mol. The zero-order valence-electron chi connectivity index (χ0n) is 13.2. The van der Waals surface area contributed by atoms with E-state index in [1.54, 1.807) is 0 Å². The summed E-state index contributed by atoms with van der Waals surface area (Å²) in [7, 11) is 0. The largest absolute Gasteiger partial charge is 0.389 e. The minimum atomic E-state index is -0.703. The predicted molar refractivity (Wildman–Crippen MR) is 97.1 cm³/mol. The minimum Gasteiger partial charge on any atom is -0.389 e. The van der Waals surface area contributed by atoms with Crippen LogP contribution in [0.15, 0.2) is 83.7 Å². The Morgan fingerprint density at radius 1 is 0.840 bits per heavy atom. The molecule has 4 heteroatoms.